The predicted octanol–water partition coefficient (Wildman–Crippen LogP) is 3.40. The number of hydrogen-bond acceptors (Lipinski definition) is 7. The number of benzene rings is 2. The third kappa shape index (κ3) is 7.67. The van der Waals surface area contributed by atoms with Crippen molar-refractivity contribution in [3.63, 3.8) is 0 Å². The van der Waals surface area contributed by atoms with Gasteiger partial charge in [0, 0.05) is 24.7 Å². The average molecular weight is 549 g/mol. The number of anilines is 1. The largest absolute Gasteiger partial charge is 0.495 e. The molecular weight excluding hydrogens is 512 g/mol. The Labute approximate surface area is 224 Å². The molecule has 0 saturated heterocycles. The second-order valence-electron chi connectivity index (χ2n) is 9.07. The van der Waals surface area contributed by atoms with Gasteiger partial charge in [0.15, 0.2) is 0 Å². The van der Waals surface area contributed by atoms with Crippen LogP contribution in [0.1, 0.15) is 44.7 Å². The van der Waals surface area contributed by atoms with Gasteiger partial charge < -0.3 is 15.0 Å². The molecule has 1 N–H and O–H groups in total. The van der Waals surface area contributed by atoms with E-state index in [9.17, 15) is 28.1 Å². The van der Waals surface area contributed by atoms with Crippen LogP contribution in [0.4, 0.5) is 11.4 Å². The van der Waals surface area contributed by atoms with Gasteiger partial charge in [-0.05, 0) is 43.9 Å². The summed E-state index contributed by atoms with van der Waals surface area (Å²) in [5, 5.41) is 14.3. The minimum absolute atomic E-state index is 0.0424. The first-order chi connectivity index (χ1) is 17.8. The highest BCUT2D eigenvalue weighted by atomic mass is 32.2. The van der Waals surface area contributed by atoms with Crippen molar-refractivity contribution in [2.75, 3.05) is 24.2 Å². The van der Waals surface area contributed by atoms with Crippen LogP contribution in [0.25, 0.3) is 0 Å². The van der Waals surface area contributed by atoms with Crippen molar-refractivity contribution in [1.29, 1.82) is 0 Å². The van der Waals surface area contributed by atoms with Crippen LogP contribution in [0.3, 0.4) is 0 Å². The summed E-state index contributed by atoms with van der Waals surface area (Å²) in [6.07, 6.45) is 1.89. The van der Waals surface area contributed by atoms with Crippen LogP contribution in [0.15, 0.2) is 42.5 Å². The molecule has 208 valence electrons. The van der Waals surface area contributed by atoms with Crippen LogP contribution < -0.4 is 14.4 Å². The molecule has 2 aromatic rings. The van der Waals surface area contributed by atoms with E-state index < -0.39 is 33.4 Å². The van der Waals surface area contributed by atoms with Gasteiger partial charge in [-0.15, -0.1) is 0 Å². The van der Waals surface area contributed by atoms with Crippen molar-refractivity contribution < 1.29 is 27.7 Å². The molecule has 0 aromatic heterocycles. The number of sulfonamides is 1. The lowest BCUT2D eigenvalue weighted by molar-refractivity contribution is -0.384. The Morgan fingerprint density at radius 1 is 1.13 bits per heavy atom. The van der Waals surface area contributed by atoms with Gasteiger partial charge in [0.25, 0.3) is 5.69 Å². The number of nitrogens with zero attached hydrogens (tertiary/aromatic N) is 3. The second kappa shape index (κ2) is 13.2. The van der Waals surface area contributed by atoms with Crippen LogP contribution in [0.2, 0.25) is 0 Å². The Morgan fingerprint density at radius 3 is 2.32 bits per heavy atom. The first kappa shape index (κ1) is 30.6. The molecule has 0 bridgehead atoms. The van der Waals surface area contributed by atoms with Gasteiger partial charge in [-0.25, -0.2) is 8.42 Å². The van der Waals surface area contributed by atoms with E-state index in [1.54, 1.807) is 6.92 Å². The molecule has 0 aliphatic heterocycles. The van der Waals surface area contributed by atoms with E-state index in [4.69, 9.17) is 4.74 Å². The van der Waals surface area contributed by atoms with Crippen molar-refractivity contribution in [2.24, 2.45) is 0 Å². The Kier molecular flexibility index (Phi) is 10.6. The Morgan fingerprint density at radius 2 is 1.79 bits per heavy atom. The number of non-ortho nitro benzene ring substituents is 1. The van der Waals surface area contributed by atoms with Crippen LogP contribution in [0.5, 0.6) is 5.75 Å². The number of nitro benzene ring substituents is 1. The smallest absolute Gasteiger partial charge is 0.271 e. The molecule has 0 heterocycles. The number of hydrogen-bond donors (Lipinski definition) is 1. The fourth-order valence-electron chi connectivity index (χ4n) is 3.91. The van der Waals surface area contributed by atoms with E-state index in [2.05, 4.69) is 5.32 Å². The van der Waals surface area contributed by atoms with Crippen molar-refractivity contribution >= 4 is 33.2 Å². The molecule has 11 nitrogen and oxygen atoms in total. The lowest BCUT2D eigenvalue weighted by atomic mass is 10.1. The van der Waals surface area contributed by atoms with Gasteiger partial charge >= 0.3 is 0 Å². The molecule has 0 unspecified atom stereocenters. The molecule has 2 amide bonds. The predicted molar refractivity (Wildman–Crippen MR) is 146 cm³/mol. The van der Waals surface area contributed by atoms with Gasteiger partial charge in [0.05, 0.1) is 18.3 Å². The highest BCUT2D eigenvalue weighted by molar-refractivity contribution is 7.92. The van der Waals surface area contributed by atoms with Crippen LogP contribution in [0, 0.1) is 17.0 Å². The molecule has 12 heteroatoms. The Hall–Kier alpha value is -3.67. The summed E-state index contributed by atoms with van der Waals surface area (Å²) in [4.78, 5) is 39.1. The number of carbonyl (C=O) groups is 2. The van der Waals surface area contributed by atoms with Crippen molar-refractivity contribution in [2.45, 2.75) is 59.2 Å². The van der Waals surface area contributed by atoms with Crippen LogP contribution in [-0.2, 0) is 26.2 Å². The van der Waals surface area contributed by atoms with Crippen molar-refractivity contribution in [3.8, 4) is 5.75 Å². The van der Waals surface area contributed by atoms with Gasteiger partial charge in [0.2, 0.25) is 21.8 Å². The number of amides is 2. The fraction of sp³-hybridized carbons (Fsp3) is 0.462. The minimum atomic E-state index is -4.10. The third-order valence-electron chi connectivity index (χ3n) is 6.31. The summed E-state index contributed by atoms with van der Waals surface area (Å²) in [5.74, 6) is -0.943. The quantitative estimate of drug-likeness (QED) is 0.299. The van der Waals surface area contributed by atoms with Crippen LogP contribution in [-0.4, -0.2) is 62.0 Å². The number of methoxy groups -OCH3 is 1. The van der Waals surface area contributed by atoms with Gasteiger partial charge in [-0.1, -0.05) is 38.1 Å². The van der Waals surface area contributed by atoms with E-state index in [0.717, 1.165) is 27.8 Å². The summed E-state index contributed by atoms with van der Waals surface area (Å²) < 4.78 is 31.7. The lowest BCUT2D eigenvalue weighted by Gasteiger charge is -2.34. The normalized spacial score (nSPS) is 12.8. The maximum absolute atomic E-state index is 13.8. The van der Waals surface area contributed by atoms with Crippen molar-refractivity contribution in [1.82, 2.24) is 10.2 Å². The molecule has 0 fully saturated rings. The highest BCUT2D eigenvalue weighted by Gasteiger charge is 2.33. The first-order valence-corrected chi connectivity index (χ1v) is 14.1. The second-order valence-corrected chi connectivity index (χ2v) is 11.0. The first-order valence-electron chi connectivity index (χ1n) is 12.3. The molecule has 2 rings (SSSR count). The van der Waals surface area contributed by atoms with Crippen molar-refractivity contribution in [3.05, 3.63) is 63.7 Å². The molecule has 0 aliphatic carbocycles. The summed E-state index contributed by atoms with van der Waals surface area (Å²) >= 11 is 0. The maximum Gasteiger partial charge on any atom is 0.271 e. The van der Waals surface area contributed by atoms with E-state index in [1.807, 2.05) is 45.0 Å². The Bertz CT molecular complexity index is 1270. The number of nitrogens with one attached hydrogen (secondary N) is 1. The molecule has 38 heavy (non-hydrogen) atoms. The molecule has 0 spiro atoms. The molecule has 0 radical (unpaired) electrons. The SMILES string of the molecule is CC[C@H](C(=O)N[C@@H](C)CC)N(Cc1ccccc1C)C(=O)CN(c1cc([N+](=O)[O-])ccc1OC)S(C)(=O)=O. The number of nitro groups is 1. The zero-order valence-electron chi connectivity index (χ0n) is 22.6. The van der Waals surface area contributed by atoms with E-state index in [-0.39, 0.29) is 35.6 Å². The monoisotopic (exact) mass is 548 g/mol. The van der Waals surface area contributed by atoms with E-state index in [0.29, 0.717) is 12.8 Å². The van der Waals surface area contributed by atoms with Gasteiger partial charge in [0.1, 0.15) is 24.0 Å². The highest BCUT2D eigenvalue weighted by Crippen LogP contribution is 2.34. The molecule has 0 saturated carbocycles. The summed E-state index contributed by atoms with van der Waals surface area (Å²) in [6, 6.07) is 9.92. The zero-order chi connectivity index (χ0) is 28.6. The van der Waals surface area contributed by atoms with E-state index in [1.165, 1.54) is 24.1 Å². The van der Waals surface area contributed by atoms with Crippen LogP contribution >= 0.6 is 0 Å². The van der Waals surface area contributed by atoms with E-state index >= 15 is 0 Å². The number of ether oxygens (including phenoxy) is 1. The minimum Gasteiger partial charge on any atom is -0.495 e. The Balaban J connectivity index is 2.58. The van der Waals surface area contributed by atoms with Gasteiger partial charge in [-0.3, -0.25) is 24.0 Å². The molecular formula is C26H36N4O7S. The summed E-state index contributed by atoms with van der Waals surface area (Å²) in [5.41, 5.74) is 1.20. The summed E-state index contributed by atoms with van der Waals surface area (Å²) in [6.45, 7) is 6.83. The topological polar surface area (TPSA) is 139 Å². The molecule has 2 aromatic carbocycles. The molecule has 2 atom stereocenters. The average Bonchev–Trinajstić information content (AvgIpc) is 2.86. The zero-order valence-corrected chi connectivity index (χ0v) is 23.4. The molecule has 0 aliphatic rings. The number of carbonyl (C=O) groups excluding carboxylic acids is 2. The summed E-state index contributed by atoms with van der Waals surface area (Å²) in [7, 11) is -2.80. The van der Waals surface area contributed by atoms with Gasteiger partial charge in [-0.2, -0.15) is 0 Å². The lowest BCUT2D eigenvalue weighted by Crippen LogP contribution is -2.53. The number of aryl methyl sites for hydroxylation is 1. The third-order valence-corrected chi connectivity index (χ3v) is 7.44. The fourth-order valence-corrected chi connectivity index (χ4v) is 4.76. The number of rotatable bonds is 13. The standard InChI is InChI=1S/C26H36N4O7S/c1-7-19(4)27-26(32)22(8-2)28(16-20-12-10-9-11-18(20)3)25(31)17-29(38(6,35)36)23-15-21(30(33)34)13-14-24(23)37-5/h9-15,19,22H,7-8,16-17H2,1-6H3,(H,27,32)/t19-,22+/m0/s1. The maximum atomic E-state index is 13.8.